The van der Waals surface area contributed by atoms with E-state index in [2.05, 4.69) is 55.4 Å². The highest BCUT2D eigenvalue weighted by Gasteiger charge is 2.36. The van der Waals surface area contributed by atoms with Crippen molar-refractivity contribution >= 4 is 56.2 Å². The zero-order valence-corrected chi connectivity index (χ0v) is 59.5. The van der Waals surface area contributed by atoms with E-state index in [-0.39, 0.29) is 30.0 Å². The Bertz CT molecular complexity index is 3000. The maximum absolute atomic E-state index is 13.8. The number of benzene rings is 3. The van der Waals surface area contributed by atoms with Crippen molar-refractivity contribution in [1.82, 2.24) is 14.8 Å². The summed E-state index contributed by atoms with van der Waals surface area (Å²) in [6.45, 7) is 26.4. The summed E-state index contributed by atoms with van der Waals surface area (Å²) in [5, 5.41) is 4.58. The van der Waals surface area contributed by atoms with Gasteiger partial charge in [-0.2, -0.15) is 0 Å². The minimum Gasteiger partial charge on any atom is -0.772 e. The predicted molar refractivity (Wildman–Crippen MR) is 367 cm³/mol. The number of carbonyl (C=O) groups is 3. The Morgan fingerprint density at radius 2 is 1.09 bits per heavy atom. The van der Waals surface area contributed by atoms with Gasteiger partial charge in [0, 0.05) is 47.0 Å². The lowest BCUT2D eigenvalue weighted by atomic mass is 9.92. The van der Waals surface area contributed by atoms with Crippen LogP contribution in [0, 0.1) is 0 Å². The third kappa shape index (κ3) is 32.9. The van der Waals surface area contributed by atoms with E-state index in [1.807, 2.05) is 46.8 Å². The summed E-state index contributed by atoms with van der Waals surface area (Å²) in [5.41, 5.74) is 4.67. The summed E-state index contributed by atoms with van der Waals surface area (Å²) in [6.07, 6.45) is 28.3. The molecular weight excluding hydrogens is 1220 g/mol. The van der Waals surface area contributed by atoms with Crippen LogP contribution in [0.3, 0.4) is 0 Å². The van der Waals surface area contributed by atoms with Gasteiger partial charge in [0.1, 0.15) is 41.2 Å². The molecule has 2 aromatic carbocycles. The molecule has 0 saturated heterocycles. The Morgan fingerprint density at radius 3 is 1.54 bits per heavy atom. The molecule has 0 amide bonds. The van der Waals surface area contributed by atoms with Crippen molar-refractivity contribution in [3.8, 4) is 22.5 Å². The molecule has 2 aliphatic rings. The van der Waals surface area contributed by atoms with E-state index >= 15 is 0 Å². The van der Waals surface area contributed by atoms with Crippen molar-refractivity contribution in [1.29, 1.82) is 0 Å². The van der Waals surface area contributed by atoms with E-state index < -0.39 is 67.7 Å². The molecular formula is C70H116N4O14PS2-. The van der Waals surface area contributed by atoms with Gasteiger partial charge < -0.3 is 34.4 Å². The predicted octanol–water partition coefficient (Wildman–Crippen LogP) is 15.9. The summed E-state index contributed by atoms with van der Waals surface area (Å²) in [5.74, 6) is -1.33. The van der Waals surface area contributed by atoms with Crippen LogP contribution in [-0.2, 0) is 53.2 Å². The van der Waals surface area contributed by atoms with Crippen LogP contribution < -0.4 is 30.8 Å². The average molecular weight is 1330 g/mol. The lowest BCUT2D eigenvalue weighted by molar-refractivity contribution is -0.205. The molecule has 21 heteroatoms. The van der Waals surface area contributed by atoms with Crippen LogP contribution in [0.15, 0.2) is 82.0 Å². The molecule has 0 saturated carbocycles. The molecule has 1 heterocycles. The first-order valence-corrected chi connectivity index (χ1v) is 38.6. The number of rotatable bonds is 45. The van der Waals surface area contributed by atoms with E-state index in [0.717, 1.165) is 87.4 Å². The van der Waals surface area contributed by atoms with E-state index in [1.165, 1.54) is 108 Å². The van der Waals surface area contributed by atoms with Crippen molar-refractivity contribution in [2.45, 2.75) is 277 Å². The lowest BCUT2D eigenvalue weighted by Crippen LogP contribution is -2.37. The molecule has 0 bridgehead atoms. The molecule has 0 aromatic heterocycles. The Balaban J connectivity index is 0.00000433. The van der Waals surface area contributed by atoms with E-state index in [1.54, 1.807) is 24.3 Å². The van der Waals surface area contributed by atoms with Crippen LogP contribution in [-0.4, -0.2) is 77.7 Å². The fourth-order valence-corrected chi connectivity index (χ4v) is 13.1. The van der Waals surface area contributed by atoms with E-state index in [4.69, 9.17) is 19.6 Å². The van der Waals surface area contributed by atoms with Crippen molar-refractivity contribution < 1.29 is 63.7 Å². The van der Waals surface area contributed by atoms with Crippen molar-refractivity contribution in [2.24, 2.45) is 5.73 Å². The summed E-state index contributed by atoms with van der Waals surface area (Å²) in [4.78, 5) is 52.7. The van der Waals surface area contributed by atoms with Crippen LogP contribution in [0.5, 0.6) is 0 Å². The minimum atomic E-state index is -6.02. The Kier molecular flexibility index (Phi) is 45.4. The molecule has 4 rings (SSSR count). The quantitative estimate of drug-likeness (QED) is 0.00542. The maximum Gasteiger partial charge on any atom is 0.306 e. The van der Waals surface area contributed by atoms with Crippen LogP contribution >= 0.6 is 7.60 Å². The second-order valence-corrected chi connectivity index (χ2v) is 27.7. The standard InChI is InChI=1S/C62H96N3O14PS2.C4H10.C2H7N.C2H4/c1-7-12-14-16-18-20-22-24-26-28-30-32-34-36-59(66)76-47-57(78-60(67)37-35-33-31-29-27-25-23-21-19-17-15-13-8-2)62(68)80(69,70)79-64-81(71,72)51-40-43-54(58(46-51)82(73,74)75)61-52-41-38-49(48(6)63-9-3)44-55(52)77-56-45-50(39-42-53(56)61)65(10-4)11-5;1-3-4-2;1-2-3;1-2/h38-46,48,57,63-64H,7-37,47H2,1-6H3,(H-,69,70,73,74,75);3-4H2,1-2H3;2-3H2,1H3;1-2H2/p-1. The molecule has 1 aliphatic heterocycles. The third-order valence-corrected chi connectivity index (χ3v) is 19.0. The molecule has 1 aliphatic carbocycles. The molecule has 91 heavy (non-hydrogen) atoms. The molecule has 2 aromatic rings. The second-order valence-electron chi connectivity index (χ2n) is 23.0. The zero-order valence-electron chi connectivity index (χ0n) is 57.0. The first-order valence-electron chi connectivity index (χ1n) is 34.2. The van der Waals surface area contributed by atoms with Gasteiger partial charge in [0.05, 0.1) is 15.9 Å². The number of ether oxygens (including phenoxy) is 2. The number of esters is 2. The summed E-state index contributed by atoms with van der Waals surface area (Å²) >= 11 is 0. The number of sulfonamides is 1. The van der Waals surface area contributed by atoms with E-state index in [9.17, 15) is 45.2 Å². The van der Waals surface area contributed by atoms with Gasteiger partial charge in [-0.05, 0) is 76.5 Å². The highest BCUT2D eigenvalue weighted by atomic mass is 32.2. The first kappa shape index (κ1) is 84.4. The van der Waals surface area contributed by atoms with Gasteiger partial charge in [-0.3, -0.25) is 18.9 Å². The number of nitrogens with zero attached hydrogens (tertiary/aromatic N) is 1. The lowest BCUT2D eigenvalue weighted by Gasteiger charge is -2.26. The summed E-state index contributed by atoms with van der Waals surface area (Å²) in [7, 11) is -16.7. The molecule has 0 radical (unpaired) electrons. The molecule has 0 spiro atoms. The Hall–Kier alpha value is -4.63. The smallest absolute Gasteiger partial charge is 0.306 e. The highest BCUT2D eigenvalue weighted by Crippen LogP contribution is 2.44. The molecule has 3 unspecified atom stereocenters. The van der Waals surface area contributed by atoms with Crippen molar-refractivity contribution in [3.05, 3.63) is 78.7 Å². The van der Waals surface area contributed by atoms with Crippen LogP contribution in [0.25, 0.3) is 33.4 Å². The average Bonchev–Trinajstić information content (AvgIpc) is 1.61. The highest BCUT2D eigenvalue weighted by molar-refractivity contribution is 7.89. The minimum absolute atomic E-state index is 0.0304. The molecule has 518 valence electrons. The monoisotopic (exact) mass is 1330 g/mol. The van der Waals surface area contributed by atoms with Gasteiger partial charge in [0.15, 0.2) is 0 Å². The second kappa shape index (κ2) is 49.0. The fraction of sp³-hybridized carbons (Fsp3) is 0.657. The van der Waals surface area contributed by atoms with Crippen molar-refractivity contribution in [2.75, 3.05) is 32.8 Å². The van der Waals surface area contributed by atoms with Crippen LogP contribution in [0.4, 0.5) is 0 Å². The van der Waals surface area contributed by atoms with Gasteiger partial charge >= 0.3 is 11.9 Å². The Labute approximate surface area is 548 Å². The first-order chi connectivity index (χ1) is 43.6. The zero-order chi connectivity index (χ0) is 68.1. The van der Waals surface area contributed by atoms with Crippen molar-refractivity contribution in [3.63, 3.8) is 0 Å². The van der Waals surface area contributed by atoms with Crippen LogP contribution in [0.2, 0.25) is 0 Å². The summed E-state index contributed by atoms with van der Waals surface area (Å²) in [6, 6.07) is 13.3. The maximum atomic E-state index is 13.8. The van der Waals surface area contributed by atoms with Gasteiger partial charge in [0.25, 0.3) is 10.0 Å². The van der Waals surface area contributed by atoms with Crippen LogP contribution in [0.1, 0.15) is 267 Å². The number of carbonyl (C=O) groups excluding carboxylic acids is 3. The number of nitrogens with one attached hydrogen (secondary N) is 2. The summed E-state index contributed by atoms with van der Waals surface area (Å²) < 4.78 is 104. The Morgan fingerprint density at radius 1 is 0.626 bits per heavy atom. The van der Waals surface area contributed by atoms with Gasteiger partial charge in [-0.25, -0.2) is 26.0 Å². The van der Waals surface area contributed by atoms with Gasteiger partial charge in [-0.15, -0.1) is 13.2 Å². The number of unbranched alkanes of at least 4 members (excludes halogenated alkanes) is 25. The molecule has 4 N–H and O–H groups in total. The fourth-order valence-electron chi connectivity index (χ4n) is 10.3. The number of hydrogen-bond acceptors (Lipinski definition) is 16. The topological polar surface area (TPSA) is 277 Å². The molecule has 18 nitrogen and oxygen atoms in total. The molecule has 0 fully saturated rings. The largest absolute Gasteiger partial charge is 0.772 e. The normalized spacial score (nSPS) is 12.7. The number of hydrogen-bond donors (Lipinski definition) is 3. The van der Waals surface area contributed by atoms with Gasteiger partial charge in [-0.1, -0.05) is 232 Å². The SMILES string of the molecule is C=C.CCCC.CCCCCCCCCCCCCCCC(=O)OCC(OC(=O)CCCCCCCCCCCCCCC)C(=O)P(=O)([O-])ONS(=O)(=O)c1ccc(-c2c3ccc(=[N+](CC)CC)cc-3oc3cc(C(C)NCC)ccc23)c(S(=O)(=O)[O-])c1.CCN. The third-order valence-electron chi connectivity index (χ3n) is 15.6. The number of fused-ring (bicyclic) bond motifs is 2. The van der Waals surface area contributed by atoms with Gasteiger partial charge in [0.2, 0.25) is 24.6 Å². The van der Waals surface area contributed by atoms with E-state index in [0.29, 0.717) is 67.3 Å². The number of nitrogens with two attached hydrogens (primary N) is 1. The molecule has 3 atom stereocenters.